The quantitative estimate of drug-likeness (QED) is 0.934. The molecule has 0 saturated carbocycles. The Morgan fingerprint density at radius 2 is 2.00 bits per heavy atom. The van der Waals surface area contributed by atoms with Crippen molar-refractivity contribution >= 4 is 5.82 Å². The van der Waals surface area contributed by atoms with E-state index < -0.39 is 0 Å². The number of aliphatic hydroxyl groups is 1. The van der Waals surface area contributed by atoms with Crippen LogP contribution in [0.15, 0.2) is 24.5 Å². The number of hydrogen-bond donors (Lipinski definition) is 1. The van der Waals surface area contributed by atoms with E-state index in [1.807, 2.05) is 25.1 Å². The average Bonchev–Trinajstić information content (AvgIpc) is 2.44. The van der Waals surface area contributed by atoms with Gasteiger partial charge in [0.05, 0.1) is 18.9 Å². The Balaban J connectivity index is 2.09. The third kappa shape index (κ3) is 2.45. The Morgan fingerprint density at radius 3 is 2.62 bits per heavy atom. The molecule has 110 valence electrons. The van der Waals surface area contributed by atoms with Crippen molar-refractivity contribution in [1.29, 1.82) is 0 Å². The first kappa shape index (κ1) is 13.8. The van der Waals surface area contributed by atoms with E-state index in [0.717, 1.165) is 34.0 Å². The SMILES string of the molecule is COc1ccc(-c2c(C)ncnc2N2CC(O)C2)c(C)c1. The number of anilines is 1. The molecular formula is C16H19N3O2. The van der Waals surface area contributed by atoms with Gasteiger partial charge in [-0.1, -0.05) is 6.07 Å². The van der Waals surface area contributed by atoms with Gasteiger partial charge in [0, 0.05) is 18.7 Å². The molecule has 0 radical (unpaired) electrons. The van der Waals surface area contributed by atoms with Crippen LogP contribution in [-0.2, 0) is 0 Å². The van der Waals surface area contributed by atoms with Crippen LogP contribution in [0.25, 0.3) is 11.1 Å². The molecule has 21 heavy (non-hydrogen) atoms. The van der Waals surface area contributed by atoms with Crippen LogP contribution in [0.4, 0.5) is 5.82 Å². The van der Waals surface area contributed by atoms with E-state index in [-0.39, 0.29) is 6.10 Å². The summed E-state index contributed by atoms with van der Waals surface area (Å²) in [5.41, 5.74) is 4.19. The van der Waals surface area contributed by atoms with E-state index in [0.29, 0.717) is 13.1 Å². The Bertz CT molecular complexity index is 667. The fourth-order valence-electron chi connectivity index (χ4n) is 2.69. The van der Waals surface area contributed by atoms with Crippen LogP contribution >= 0.6 is 0 Å². The smallest absolute Gasteiger partial charge is 0.140 e. The Kier molecular flexibility index (Phi) is 3.51. The molecule has 5 nitrogen and oxygen atoms in total. The standard InChI is InChI=1S/C16H19N3O2/c1-10-6-13(21-3)4-5-14(10)15-11(2)17-9-18-16(15)19-7-12(20)8-19/h4-6,9,12,20H,7-8H2,1-3H3. The van der Waals surface area contributed by atoms with Crippen LogP contribution in [0.3, 0.4) is 0 Å². The second-order valence-electron chi connectivity index (χ2n) is 5.40. The number of ether oxygens (including phenoxy) is 1. The Morgan fingerprint density at radius 1 is 1.24 bits per heavy atom. The van der Waals surface area contributed by atoms with Gasteiger partial charge in [-0.2, -0.15) is 0 Å². The number of hydrogen-bond acceptors (Lipinski definition) is 5. The van der Waals surface area contributed by atoms with E-state index in [1.165, 1.54) is 0 Å². The summed E-state index contributed by atoms with van der Waals surface area (Å²) in [5, 5.41) is 9.53. The lowest BCUT2D eigenvalue weighted by atomic mass is 9.98. The number of rotatable bonds is 3. The van der Waals surface area contributed by atoms with Crippen LogP contribution in [-0.4, -0.2) is 41.4 Å². The van der Waals surface area contributed by atoms with Gasteiger partial charge in [0.2, 0.25) is 0 Å². The molecule has 0 unspecified atom stereocenters. The van der Waals surface area contributed by atoms with Gasteiger partial charge >= 0.3 is 0 Å². The highest BCUT2D eigenvalue weighted by Crippen LogP contribution is 2.36. The number of aryl methyl sites for hydroxylation is 2. The van der Waals surface area contributed by atoms with Crippen molar-refractivity contribution in [2.24, 2.45) is 0 Å². The van der Waals surface area contributed by atoms with Gasteiger partial charge in [0.25, 0.3) is 0 Å². The average molecular weight is 285 g/mol. The lowest BCUT2D eigenvalue weighted by Crippen LogP contribution is -2.51. The Hall–Kier alpha value is -2.14. The zero-order valence-corrected chi connectivity index (χ0v) is 12.5. The summed E-state index contributed by atoms with van der Waals surface area (Å²) in [6.45, 7) is 5.29. The first-order valence-corrected chi connectivity index (χ1v) is 6.99. The van der Waals surface area contributed by atoms with Gasteiger partial charge in [-0.05, 0) is 37.1 Å². The van der Waals surface area contributed by atoms with Crippen LogP contribution in [0.5, 0.6) is 5.75 Å². The summed E-state index contributed by atoms with van der Waals surface area (Å²) in [4.78, 5) is 10.8. The molecule has 0 bridgehead atoms. The van der Waals surface area contributed by atoms with Gasteiger partial charge in [-0.15, -0.1) is 0 Å². The molecule has 0 spiro atoms. The molecule has 1 N–H and O–H groups in total. The van der Waals surface area contributed by atoms with Crippen molar-refractivity contribution in [2.75, 3.05) is 25.1 Å². The number of β-amino-alcohol motifs (C(OH)–C–C–N with tert-alkyl or cyclic N) is 1. The van der Waals surface area contributed by atoms with Gasteiger partial charge in [-0.3, -0.25) is 0 Å². The molecule has 2 heterocycles. The molecule has 1 aromatic heterocycles. The lowest BCUT2D eigenvalue weighted by Gasteiger charge is -2.38. The van der Waals surface area contributed by atoms with E-state index in [2.05, 4.69) is 21.8 Å². The molecular weight excluding hydrogens is 266 g/mol. The van der Waals surface area contributed by atoms with Crippen molar-refractivity contribution in [3.8, 4) is 16.9 Å². The zero-order chi connectivity index (χ0) is 15.0. The van der Waals surface area contributed by atoms with Crippen molar-refractivity contribution in [3.05, 3.63) is 35.8 Å². The molecule has 0 atom stereocenters. The van der Waals surface area contributed by atoms with Crippen molar-refractivity contribution in [3.63, 3.8) is 0 Å². The monoisotopic (exact) mass is 285 g/mol. The third-order valence-corrected chi connectivity index (χ3v) is 3.88. The summed E-state index contributed by atoms with van der Waals surface area (Å²) in [5.74, 6) is 1.73. The van der Waals surface area contributed by atoms with Crippen molar-refractivity contribution in [2.45, 2.75) is 20.0 Å². The first-order chi connectivity index (χ1) is 10.1. The summed E-state index contributed by atoms with van der Waals surface area (Å²) >= 11 is 0. The predicted molar refractivity (Wildman–Crippen MR) is 81.7 cm³/mol. The molecule has 1 aromatic carbocycles. The first-order valence-electron chi connectivity index (χ1n) is 6.99. The molecule has 1 fully saturated rings. The minimum Gasteiger partial charge on any atom is -0.497 e. The molecule has 5 heteroatoms. The number of benzene rings is 1. The van der Waals surface area contributed by atoms with Crippen LogP contribution < -0.4 is 9.64 Å². The second kappa shape index (κ2) is 5.33. The van der Waals surface area contributed by atoms with Crippen molar-refractivity contribution in [1.82, 2.24) is 9.97 Å². The molecule has 3 rings (SSSR count). The summed E-state index contributed by atoms with van der Waals surface area (Å²) < 4.78 is 5.27. The van der Waals surface area contributed by atoms with Crippen LogP contribution in [0.1, 0.15) is 11.3 Å². The van der Waals surface area contributed by atoms with Gasteiger partial charge in [0.15, 0.2) is 0 Å². The maximum Gasteiger partial charge on any atom is 0.140 e. The zero-order valence-electron chi connectivity index (χ0n) is 12.5. The predicted octanol–water partition coefficient (Wildman–Crippen LogP) is 1.95. The van der Waals surface area contributed by atoms with E-state index in [9.17, 15) is 5.11 Å². The van der Waals surface area contributed by atoms with Gasteiger partial charge < -0.3 is 14.7 Å². The van der Waals surface area contributed by atoms with Crippen LogP contribution in [0, 0.1) is 13.8 Å². The van der Waals surface area contributed by atoms with Crippen LogP contribution in [0.2, 0.25) is 0 Å². The normalized spacial score (nSPS) is 15.0. The molecule has 0 aliphatic carbocycles. The minimum absolute atomic E-state index is 0.259. The minimum atomic E-state index is -0.259. The van der Waals surface area contributed by atoms with E-state index in [1.54, 1.807) is 13.4 Å². The fourth-order valence-corrected chi connectivity index (χ4v) is 2.69. The largest absolute Gasteiger partial charge is 0.497 e. The molecule has 0 amide bonds. The second-order valence-corrected chi connectivity index (χ2v) is 5.40. The van der Waals surface area contributed by atoms with E-state index >= 15 is 0 Å². The number of aliphatic hydroxyl groups excluding tert-OH is 1. The number of nitrogens with zero attached hydrogens (tertiary/aromatic N) is 3. The summed E-state index contributed by atoms with van der Waals surface area (Å²) in [6.07, 6.45) is 1.32. The third-order valence-electron chi connectivity index (χ3n) is 3.88. The topological polar surface area (TPSA) is 58.5 Å². The fraction of sp³-hybridized carbons (Fsp3) is 0.375. The highest BCUT2D eigenvalue weighted by molar-refractivity contribution is 5.80. The Labute approximate surface area is 124 Å². The van der Waals surface area contributed by atoms with E-state index in [4.69, 9.17) is 4.74 Å². The molecule has 2 aromatic rings. The highest BCUT2D eigenvalue weighted by Gasteiger charge is 2.28. The van der Waals surface area contributed by atoms with Gasteiger partial charge in [-0.25, -0.2) is 9.97 Å². The maximum atomic E-state index is 9.53. The maximum absolute atomic E-state index is 9.53. The highest BCUT2D eigenvalue weighted by atomic mass is 16.5. The summed E-state index contributed by atoms with van der Waals surface area (Å²) in [7, 11) is 1.66. The molecule has 1 aliphatic rings. The lowest BCUT2D eigenvalue weighted by molar-refractivity contribution is 0.141. The molecule has 1 aliphatic heterocycles. The number of aromatic nitrogens is 2. The van der Waals surface area contributed by atoms with Gasteiger partial charge in [0.1, 0.15) is 17.9 Å². The number of methoxy groups -OCH3 is 1. The van der Waals surface area contributed by atoms with Crippen molar-refractivity contribution < 1.29 is 9.84 Å². The summed E-state index contributed by atoms with van der Waals surface area (Å²) in [6, 6.07) is 6.00. The molecule has 1 saturated heterocycles.